The van der Waals surface area contributed by atoms with E-state index in [9.17, 15) is 4.79 Å². The van der Waals surface area contributed by atoms with E-state index >= 15 is 0 Å². The summed E-state index contributed by atoms with van der Waals surface area (Å²) in [4.78, 5) is 13.9. The molecule has 2 N–H and O–H groups in total. The molecule has 1 fully saturated rings. The minimum absolute atomic E-state index is 0.237. The Hall–Kier alpha value is -2.05. The molecule has 1 aliphatic rings. The van der Waals surface area contributed by atoms with Crippen molar-refractivity contribution in [2.45, 2.75) is 12.9 Å². The zero-order valence-electron chi connectivity index (χ0n) is 10.3. The third-order valence-corrected chi connectivity index (χ3v) is 3.00. The predicted molar refractivity (Wildman–Crippen MR) is 66.2 cm³/mol. The molecule has 1 aromatic carbocycles. The zero-order valence-corrected chi connectivity index (χ0v) is 10.3. The summed E-state index contributed by atoms with van der Waals surface area (Å²) in [7, 11) is 0. The summed E-state index contributed by atoms with van der Waals surface area (Å²) in [6.45, 7) is 2.68. The van der Waals surface area contributed by atoms with Crippen molar-refractivity contribution in [3.8, 4) is 5.75 Å². The number of nitrogens with one attached hydrogen (secondary N) is 1. The number of aromatic nitrogens is 1. The second-order valence-electron chi connectivity index (χ2n) is 4.38. The first-order valence-corrected chi connectivity index (χ1v) is 5.89. The van der Waals surface area contributed by atoms with Crippen molar-refractivity contribution in [1.29, 1.82) is 0 Å². The number of fused-ring (bicyclic) bond motifs is 1. The fourth-order valence-corrected chi connectivity index (χ4v) is 2.11. The summed E-state index contributed by atoms with van der Waals surface area (Å²) in [5, 5.41) is 9.66. The number of carboxylic acid groups (broad SMARTS) is 1. The molecule has 6 nitrogen and oxygen atoms in total. The summed E-state index contributed by atoms with van der Waals surface area (Å²) in [6, 6.07) is 5.11. The number of ether oxygens (including phenoxy) is 3. The lowest BCUT2D eigenvalue weighted by Gasteiger charge is -2.23. The van der Waals surface area contributed by atoms with Gasteiger partial charge in [-0.25, -0.2) is 4.79 Å². The van der Waals surface area contributed by atoms with Crippen molar-refractivity contribution in [2.75, 3.05) is 13.2 Å². The van der Waals surface area contributed by atoms with Crippen molar-refractivity contribution in [3.05, 3.63) is 30.0 Å². The van der Waals surface area contributed by atoms with Gasteiger partial charge in [-0.1, -0.05) is 0 Å². The van der Waals surface area contributed by atoms with Gasteiger partial charge in [0.25, 0.3) is 0 Å². The van der Waals surface area contributed by atoms with Gasteiger partial charge < -0.3 is 24.3 Å². The fraction of sp³-hybridized carbons (Fsp3) is 0.308. The van der Waals surface area contributed by atoms with Crippen LogP contribution in [0.2, 0.25) is 0 Å². The average molecular weight is 263 g/mol. The lowest BCUT2D eigenvalue weighted by molar-refractivity contribution is -0.272. The summed E-state index contributed by atoms with van der Waals surface area (Å²) >= 11 is 0. The molecule has 0 atom stereocenters. The number of aromatic amines is 1. The maximum Gasteiger partial charge on any atom is 0.337 e. The predicted octanol–water partition coefficient (Wildman–Crippen LogP) is 1.97. The number of hydrogen-bond acceptors (Lipinski definition) is 4. The Labute approximate surface area is 108 Å². The van der Waals surface area contributed by atoms with E-state index in [-0.39, 0.29) is 5.56 Å². The maximum atomic E-state index is 11.0. The highest BCUT2D eigenvalue weighted by molar-refractivity contribution is 6.03. The number of aromatic carboxylic acids is 1. The Balaban J connectivity index is 1.92. The lowest BCUT2D eigenvalue weighted by atomic mass is 10.2. The van der Waals surface area contributed by atoms with Gasteiger partial charge >= 0.3 is 11.9 Å². The van der Waals surface area contributed by atoms with Crippen LogP contribution >= 0.6 is 0 Å². The zero-order chi connectivity index (χ0) is 13.5. The van der Waals surface area contributed by atoms with Crippen LogP contribution in [-0.4, -0.2) is 35.2 Å². The molecule has 6 heteroatoms. The van der Waals surface area contributed by atoms with Crippen molar-refractivity contribution in [3.63, 3.8) is 0 Å². The van der Waals surface area contributed by atoms with Crippen molar-refractivity contribution >= 4 is 16.9 Å². The van der Waals surface area contributed by atoms with Gasteiger partial charge in [0.1, 0.15) is 5.75 Å². The summed E-state index contributed by atoms with van der Waals surface area (Å²) in [6.07, 6.45) is 1.46. The van der Waals surface area contributed by atoms with E-state index in [2.05, 4.69) is 4.98 Å². The molecule has 0 radical (unpaired) electrons. The smallest absolute Gasteiger partial charge is 0.337 e. The Morgan fingerprint density at radius 3 is 2.84 bits per heavy atom. The van der Waals surface area contributed by atoms with Gasteiger partial charge in [0.2, 0.25) is 0 Å². The molecule has 0 saturated carbocycles. The standard InChI is InChI=1S/C13H13NO5/c1-13(17-4-5-18-13)19-8-2-3-9-10(12(15)16)7-14-11(9)6-8/h2-3,6-7,14H,4-5H2,1H3,(H,15,16). The number of H-pyrrole nitrogens is 1. The van der Waals surface area contributed by atoms with E-state index in [0.717, 1.165) is 0 Å². The van der Waals surface area contributed by atoms with E-state index in [4.69, 9.17) is 19.3 Å². The van der Waals surface area contributed by atoms with Crippen LogP contribution in [0.25, 0.3) is 10.9 Å². The number of carboxylic acids is 1. The molecule has 0 bridgehead atoms. The normalized spacial score (nSPS) is 17.7. The van der Waals surface area contributed by atoms with Crippen molar-refractivity contribution < 1.29 is 24.1 Å². The van der Waals surface area contributed by atoms with Crippen LogP contribution in [0.1, 0.15) is 17.3 Å². The molecule has 3 rings (SSSR count). The number of carbonyl (C=O) groups is 1. The van der Waals surface area contributed by atoms with E-state index in [1.54, 1.807) is 25.1 Å². The molecule has 2 aromatic rings. The highest BCUT2D eigenvalue weighted by atomic mass is 16.9. The molecule has 1 saturated heterocycles. The second kappa shape index (κ2) is 4.25. The quantitative estimate of drug-likeness (QED) is 0.884. The molecule has 19 heavy (non-hydrogen) atoms. The summed E-state index contributed by atoms with van der Waals surface area (Å²) < 4.78 is 16.3. The van der Waals surface area contributed by atoms with Gasteiger partial charge in [0.05, 0.1) is 18.8 Å². The van der Waals surface area contributed by atoms with E-state index in [0.29, 0.717) is 29.9 Å². The molecule has 100 valence electrons. The molecule has 0 aliphatic carbocycles. The van der Waals surface area contributed by atoms with Crippen LogP contribution in [0, 0.1) is 0 Å². The van der Waals surface area contributed by atoms with Gasteiger partial charge in [-0.05, 0) is 12.1 Å². The van der Waals surface area contributed by atoms with Gasteiger partial charge in [-0.15, -0.1) is 0 Å². The second-order valence-corrected chi connectivity index (χ2v) is 4.38. The third-order valence-electron chi connectivity index (χ3n) is 3.00. The first-order chi connectivity index (χ1) is 9.07. The van der Waals surface area contributed by atoms with Gasteiger partial charge in [0.15, 0.2) is 0 Å². The van der Waals surface area contributed by atoms with E-state index < -0.39 is 11.9 Å². The molecule has 0 spiro atoms. The largest absolute Gasteiger partial charge is 0.478 e. The molecular weight excluding hydrogens is 250 g/mol. The Morgan fingerprint density at radius 2 is 2.16 bits per heavy atom. The number of benzene rings is 1. The maximum absolute atomic E-state index is 11.0. The van der Waals surface area contributed by atoms with Crippen molar-refractivity contribution in [2.24, 2.45) is 0 Å². The van der Waals surface area contributed by atoms with Gasteiger partial charge in [-0.3, -0.25) is 0 Å². The van der Waals surface area contributed by atoms with Crippen LogP contribution in [0.5, 0.6) is 5.75 Å². The van der Waals surface area contributed by atoms with E-state index in [1.165, 1.54) is 6.20 Å². The Bertz CT molecular complexity index is 627. The molecular formula is C13H13NO5. The van der Waals surface area contributed by atoms with Crippen molar-refractivity contribution in [1.82, 2.24) is 4.98 Å². The Morgan fingerprint density at radius 1 is 1.42 bits per heavy atom. The topological polar surface area (TPSA) is 80.8 Å². The molecule has 0 unspecified atom stereocenters. The number of hydrogen-bond donors (Lipinski definition) is 2. The highest BCUT2D eigenvalue weighted by Gasteiger charge is 2.33. The minimum atomic E-state index is -1.07. The first kappa shape index (κ1) is 12.0. The van der Waals surface area contributed by atoms with Crippen LogP contribution in [-0.2, 0) is 9.47 Å². The van der Waals surface area contributed by atoms with Crippen LogP contribution in [0.3, 0.4) is 0 Å². The van der Waals surface area contributed by atoms with E-state index in [1.807, 2.05) is 0 Å². The van der Waals surface area contributed by atoms with Crippen LogP contribution in [0.4, 0.5) is 0 Å². The Kier molecular flexibility index (Phi) is 2.69. The molecule has 0 amide bonds. The first-order valence-electron chi connectivity index (χ1n) is 5.89. The molecule has 1 aromatic heterocycles. The molecule has 2 heterocycles. The summed E-state index contributed by atoms with van der Waals surface area (Å²) in [5.74, 6) is -1.49. The third kappa shape index (κ3) is 2.16. The molecule has 1 aliphatic heterocycles. The monoisotopic (exact) mass is 263 g/mol. The van der Waals surface area contributed by atoms with Gasteiger partial charge in [-0.2, -0.15) is 0 Å². The SMILES string of the molecule is CC1(Oc2ccc3c(C(=O)O)c[nH]c3c2)OCCO1. The minimum Gasteiger partial charge on any atom is -0.478 e. The lowest BCUT2D eigenvalue weighted by Crippen LogP contribution is -2.33. The highest BCUT2D eigenvalue weighted by Crippen LogP contribution is 2.28. The number of rotatable bonds is 3. The van der Waals surface area contributed by atoms with Crippen LogP contribution < -0.4 is 4.74 Å². The van der Waals surface area contributed by atoms with Gasteiger partial charge in [0, 0.05) is 30.1 Å². The summed E-state index contributed by atoms with van der Waals surface area (Å²) in [5.41, 5.74) is 0.928. The fourth-order valence-electron chi connectivity index (χ4n) is 2.11. The van der Waals surface area contributed by atoms with Crippen LogP contribution in [0.15, 0.2) is 24.4 Å². The average Bonchev–Trinajstić information content (AvgIpc) is 2.95.